The number of aromatic nitrogens is 2. The molecule has 1 saturated carbocycles. The second-order valence-electron chi connectivity index (χ2n) is 6.56. The standard InChI is InChI=1S/C18H22N4O/c23-18(19-12-14-8-11-21(13-14)15-6-7-15)16-4-1-2-5-17(16)22-10-3-9-20-22/h1-5,9-10,14-15H,6-8,11-13H2,(H,19,23). The van der Waals surface area contributed by atoms with E-state index in [4.69, 9.17) is 0 Å². The highest BCUT2D eigenvalue weighted by Gasteiger charge is 2.34. The molecule has 0 bridgehead atoms. The summed E-state index contributed by atoms with van der Waals surface area (Å²) >= 11 is 0. The highest BCUT2D eigenvalue weighted by atomic mass is 16.1. The lowest BCUT2D eigenvalue weighted by molar-refractivity contribution is 0.0947. The maximum atomic E-state index is 12.6. The third-order valence-electron chi connectivity index (χ3n) is 4.83. The first kappa shape index (κ1) is 14.5. The summed E-state index contributed by atoms with van der Waals surface area (Å²) in [5, 5.41) is 7.35. The van der Waals surface area contributed by atoms with E-state index < -0.39 is 0 Å². The van der Waals surface area contributed by atoms with Crippen LogP contribution >= 0.6 is 0 Å². The van der Waals surface area contributed by atoms with Crippen molar-refractivity contribution in [1.82, 2.24) is 20.0 Å². The van der Waals surface area contributed by atoms with Gasteiger partial charge in [0, 0.05) is 31.5 Å². The number of carbonyl (C=O) groups excluding carboxylic acids is 1. The van der Waals surface area contributed by atoms with E-state index in [9.17, 15) is 4.79 Å². The second kappa shape index (κ2) is 6.16. The van der Waals surface area contributed by atoms with Crippen LogP contribution in [0.3, 0.4) is 0 Å². The fourth-order valence-corrected chi connectivity index (χ4v) is 3.41. The van der Waals surface area contributed by atoms with Gasteiger partial charge in [0.2, 0.25) is 0 Å². The van der Waals surface area contributed by atoms with Crippen molar-refractivity contribution < 1.29 is 4.79 Å². The van der Waals surface area contributed by atoms with Gasteiger partial charge in [0.05, 0.1) is 11.3 Å². The van der Waals surface area contributed by atoms with Gasteiger partial charge in [-0.2, -0.15) is 5.10 Å². The molecule has 2 aromatic rings. The minimum Gasteiger partial charge on any atom is -0.352 e. The van der Waals surface area contributed by atoms with Crippen LogP contribution in [0.25, 0.3) is 5.69 Å². The van der Waals surface area contributed by atoms with E-state index in [-0.39, 0.29) is 5.91 Å². The van der Waals surface area contributed by atoms with Crippen molar-refractivity contribution in [2.24, 2.45) is 5.92 Å². The molecule has 2 fully saturated rings. The summed E-state index contributed by atoms with van der Waals surface area (Å²) in [5.74, 6) is 0.567. The Morgan fingerprint density at radius 3 is 2.87 bits per heavy atom. The van der Waals surface area contributed by atoms with E-state index in [2.05, 4.69) is 15.3 Å². The summed E-state index contributed by atoms with van der Waals surface area (Å²) in [6.45, 7) is 3.08. The second-order valence-corrected chi connectivity index (χ2v) is 6.56. The van der Waals surface area contributed by atoms with E-state index in [0.717, 1.165) is 24.8 Å². The molecular formula is C18H22N4O. The lowest BCUT2D eigenvalue weighted by Gasteiger charge is -2.15. The fourth-order valence-electron chi connectivity index (χ4n) is 3.41. The molecule has 23 heavy (non-hydrogen) atoms. The molecule has 0 radical (unpaired) electrons. The van der Waals surface area contributed by atoms with E-state index in [1.54, 1.807) is 10.9 Å². The van der Waals surface area contributed by atoms with Gasteiger partial charge >= 0.3 is 0 Å². The largest absolute Gasteiger partial charge is 0.352 e. The van der Waals surface area contributed by atoms with Gasteiger partial charge < -0.3 is 10.2 Å². The zero-order valence-electron chi connectivity index (χ0n) is 13.2. The van der Waals surface area contributed by atoms with Gasteiger partial charge in [-0.1, -0.05) is 12.1 Å². The molecule has 1 aromatic heterocycles. The Hall–Kier alpha value is -2.14. The maximum absolute atomic E-state index is 12.6. The molecule has 1 aliphatic carbocycles. The average molecular weight is 310 g/mol. The molecule has 1 unspecified atom stereocenters. The van der Waals surface area contributed by atoms with Gasteiger partial charge in [-0.3, -0.25) is 4.79 Å². The molecule has 1 aliphatic heterocycles. The average Bonchev–Trinajstić information content (AvgIpc) is 3.11. The Balaban J connectivity index is 1.40. The van der Waals surface area contributed by atoms with Crippen LogP contribution in [0.5, 0.6) is 0 Å². The zero-order chi connectivity index (χ0) is 15.6. The summed E-state index contributed by atoms with van der Waals surface area (Å²) in [6, 6.07) is 10.3. The monoisotopic (exact) mass is 310 g/mol. The van der Waals surface area contributed by atoms with Crippen LogP contribution in [0, 0.1) is 5.92 Å². The number of amides is 1. The van der Waals surface area contributed by atoms with Crippen LogP contribution in [0.1, 0.15) is 29.6 Å². The van der Waals surface area contributed by atoms with E-state index in [0.29, 0.717) is 11.5 Å². The van der Waals surface area contributed by atoms with Gasteiger partial charge in [0.1, 0.15) is 0 Å². The molecule has 2 heterocycles. The van der Waals surface area contributed by atoms with Gasteiger partial charge in [0.15, 0.2) is 0 Å². The predicted octanol–water partition coefficient (Wildman–Crippen LogP) is 2.09. The van der Waals surface area contributed by atoms with Crippen molar-refractivity contribution >= 4 is 5.91 Å². The molecule has 2 aliphatic rings. The predicted molar refractivity (Wildman–Crippen MR) is 88.6 cm³/mol. The maximum Gasteiger partial charge on any atom is 0.253 e. The first-order valence-electron chi connectivity index (χ1n) is 8.42. The number of carbonyl (C=O) groups is 1. The van der Waals surface area contributed by atoms with Crippen LogP contribution in [0.2, 0.25) is 0 Å². The van der Waals surface area contributed by atoms with Gasteiger partial charge in [-0.25, -0.2) is 4.68 Å². The van der Waals surface area contributed by atoms with Gasteiger partial charge in [-0.05, 0) is 49.9 Å². The SMILES string of the molecule is O=C(NCC1CCN(C2CC2)C1)c1ccccc1-n1cccn1. The molecule has 5 heteroatoms. The number of para-hydroxylation sites is 1. The third-order valence-corrected chi connectivity index (χ3v) is 4.83. The summed E-state index contributed by atoms with van der Waals surface area (Å²) in [4.78, 5) is 15.2. The summed E-state index contributed by atoms with van der Waals surface area (Å²) in [7, 11) is 0. The molecular weight excluding hydrogens is 288 g/mol. The van der Waals surface area contributed by atoms with Crippen LogP contribution in [-0.4, -0.2) is 46.3 Å². The topological polar surface area (TPSA) is 50.2 Å². The molecule has 5 nitrogen and oxygen atoms in total. The van der Waals surface area contributed by atoms with Crippen molar-refractivity contribution in [2.75, 3.05) is 19.6 Å². The lowest BCUT2D eigenvalue weighted by atomic mass is 10.1. The molecule has 1 N–H and O–H groups in total. The first-order chi connectivity index (χ1) is 11.3. The zero-order valence-corrected chi connectivity index (χ0v) is 13.2. The van der Waals surface area contributed by atoms with Crippen molar-refractivity contribution in [3.05, 3.63) is 48.3 Å². The van der Waals surface area contributed by atoms with Crippen LogP contribution < -0.4 is 5.32 Å². The van der Waals surface area contributed by atoms with Crippen LogP contribution in [0.15, 0.2) is 42.7 Å². The Kier molecular flexibility index (Phi) is 3.87. The number of nitrogens with zero attached hydrogens (tertiary/aromatic N) is 3. The van der Waals surface area contributed by atoms with Crippen LogP contribution in [-0.2, 0) is 0 Å². The van der Waals surface area contributed by atoms with Crippen molar-refractivity contribution in [1.29, 1.82) is 0 Å². The number of hydrogen-bond acceptors (Lipinski definition) is 3. The molecule has 120 valence electrons. The van der Waals surface area contributed by atoms with Crippen molar-refractivity contribution in [3.63, 3.8) is 0 Å². The summed E-state index contributed by atoms with van der Waals surface area (Å²) < 4.78 is 1.74. The molecule has 4 rings (SSSR count). The molecule has 1 amide bonds. The molecule has 1 saturated heterocycles. The van der Waals surface area contributed by atoms with Crippen molar-refractivity contribution in [2.45, 2.75) is 25.3 Å². The quantitative estimate of drug-likeness (QED) is 0.920. The molecule has 1 atom stereocenters. The third kappa shape index (κ3) is 3.15. The summed E-state index contributed by atoms with van der Waals surface area (Å²) in [6.07, 6.45) is 7.49. The Morgan fingerprint density at radius 1 is 1.22 bits per heavy atom. The first-order valence-corrected chi connectivity index (χ1v) is 8.42. The number of hydrogen-bond donors (Lipinski definition) is 1. The Morgan fingerprint density at radius 2 is 2.09 bits per heavy atom. The molecule has 0 spiro atoms. The highest BCUT2D eigenvalue weighted by Crippen LogP contribution is 2.31. The highest BCUT2D eigenvalue weighted by molar-refractivity contribution is 5.97. The summed E-state index contributed by atoms with van der Waals surface area (Å²) in [5.41, 5.74) is 1.49. The van der Waals surface area contributed by atoms with Crippen LogP contribution in [0.4, 0.5) is 0 Å². The lowest BCUT2D eigenvalue weighted by Crippen LogP contribution is -2.32. The van der Waals surface area contributed by atoms with Crippen molar-refractivity contribution in [3.8, 4) is 5.69 Å². The number of rotatable bonds is 5. The Labute approximate surface area is 136 Å². The molecule has 1 aromatic carbocycles. The number of nitrogens with one attached hydrogen (secondary N) is 1. The van der Waals surface area contributed by atoms with Gasteiger partial charge in [-0.15, -0.1) is 0 Å². The normalized spacial score (nSPS) is 21.5. The number of likely N-dealkylation sites (tertiary alicyclic amines) is 1. The minimum absolute atomic E-state index is 0.0130. The minimum atomic E-state index is -0.0130. The number of benzene rings is 1. The fraction of sp³-hybridized carbons (Fsp3) is 0.444. The smallest absolute Gasteiger partial charge is 0.253 e. The van der Waals surface area contributed by atoms with E-state index in [1.807, 2.05) is 36.5 Å². The Bertz CT molecular complexity index is 678. The van der Waals surface area contributed by atoms with Gasteiger partial charge in [0.25, 0.3) is 5.91 Å². The van der Waals surface area contributed by atoms with E-state index >= 15 is 0 Å². The van der Waals surface area contributed by atoms with E-state index in [1.165, 1.54) is 25.8 Å².